The van der Waals surface area contributed by atoms with E-state index in [1.807, 2.05) is 12.1 Å². The van der Waals surface area contributed by atoms with Gasteiger partial charge in [0.2, 0.25) is 5.91 Å². The molecule has 25 nitrogen and oxygen atoms in total. The first kappa shape index (κ1) is 78.2. The van der Waals surface area contributed by atoms with Crippen LogP contribution in [0.15, 0.2) is 142 Å². The lowest BCUT2D eigenvalue weighted by Gasteiger charge is -2.38. The van der Waals surface area contributed by atoms with Crippen molar-refractivity contribution in [3.63, 3.8) is 0 Å². The van der Waals surface area contributed by atoms with Gasteiger partial charge in [0.25, 0.3) is 34.1 Å². The number of alkyl halides is 5. The Morgan fingerprint density at radius 2 is 0.842 bits per heavy atom. The topological polar surface area (TPSA) is 324 Å². The quantitative estimate of drug-likeness (QED) is 0.0548. The lowest BCUT2D eigenvalue weighted by Crippen LogP contribution is -2.59. The van der Waals surface area contributed by atoms with Crippen molar-refractivity contribution in [2.45, 2.75) is 45.3 Å². The van der Waals surface area contributed by atoms with Crippen LogP contribution in [-0.4, -0.2) is 147 Å². The van der Waals surface area contributed by atoms with E-state index in [4.69, 9.17) is 56.2 Å². The van der Waals surface area contributed by atoms with Gasteiger partial charge in [0.05, 0.1) is 87.5 Å². The summed E-state index contributed by atoms with van der Waals surface area (Å²) in [5.41, 5.74) is 3.86. The molecule has 2 aliphatic heterocycles. The summed E-state index contributed by atoms with van der Waals surface area (Å²) >= 11 is 30.9. The van der Waals surface area contributed by atoms with Crippen LogP contribution in [0.25, 0.3) is 85.9 Å². The fourth-order valence-corrected chi connectivity index (χ4v) is 12.6. The number of fused-ring (bicyclic) bond motifs is 4. The fraction of sp³-hybridized carbons (Fsp3) is 0.226. The molecule has 3 N–H and O–H groups in total. The van der Waals surface area contributed by atoms with E-state index in [-0.39, 0.29) is 62.3 Å². The number of nitrogens with one attached hydrogen (secondary N) is 2. The summed E-state index contributed by atoms with van der Waals surface area (Å²) in [5.74, 6) is -7.57. The predicted octanol–water partition coefficient (Wildman–Crippen LogP) is 11.9. The molecule has 0 atom stereocenters. The van der Waals surface area contributed by atoms with Crippen molar-refractivity contribution in [2.24, 2.45) is 0 Å². The Kier molecular flexibility index (Phi) is 27.4. The highest BCUT2D eigenvalue weighted by Crippen LogP contribution is 2.33. The number of aromatic amines is 1. The van der Waals surface area contributed by atoms with Gasteiger partial charge in [-0.25, -0.2) is 37.5 Å². The van der Waals surface area contributed by atoms with E-state index in [1.54, 1.807) is 98.8 Å². The van der Waals surface area contributed by atoms with Crippen molar-refractivity contribution in [1.82, 2.24) is 66.3 Å². The van der Waals surface area contributed by atoms with Gasteiger partial charge < -0.3 is 29.8 Å². The van der Waals surface area contributed by atoms with Crippen molar-refractivity contribution in [3.8, 4) is 45.0 Å². The zero-order valence-corrected chi connectivity index (χ0v) is 60.6. The summed E-state index contributed by atoms with van der Waals surface area (Å²) in [5, 5.41) is 15.5. The van der Waals surface area contributed by atoms with E-state index in [2.05, 4.69) is 68.4 Å². The molecule has 0 radical (unpaired) electrons. The molecule has 12 aromatic rings. The minimum atomic E-state index is -2.85. The number of halogens is 10. The number of ether oxygens (including phenoxy) is 2. The Morgan fingerprint density at radius 3 is 1.15 bits per heavy atom. The van der Waals surface area contributed by atoms with E-state index >= 15 is 0 Å². The molecule has 4 aromatic carbocycles. The van der Waals surface area contributed by atoms with E-state index in [1.165, 1.54) is 41.4 Å². The second-order valence-electron chi connectivity index (χ2n) is 20.8. The fourth-order valence-electron chi connectivity index (χ4n) is 8.93. The number of amides is 1. The maximum absolute atomic E-state index is 12.9. The number of carboxylic acids is 1. The summed E-state index contributed by atoms with van der Waals surface area (Å²) in [7, 11) is 0. The molecule has 0 bridgehead atoms. The van der Waals surface area contributed by atoms with Crippen LogP contribution in [0.2, 0.25) is 20.1 Å². The maximum Gasteiger partial charge on any atom is 0.326 e. The molecular formula is C62H50BrCl5F4N14O11S4. The van der Waals surface area contributed by atoms with Gasteiger partial charge in [-0.05, 0) is 109 Å². The Labute approximate surface area is 617 Å². The molecule has 14 rings (SSSR count). The summed E-state index contributed by atoms with van der Waals surface area (Å²) in [4.78, 5) is 116. The minimum absolute atomic E-state index is 0. The number of carbonyl (C=O) groups is 4. The molecule has 39 heteroatoms. The van der Waals surface area contributed by atoms with Gasteiger partial charge in [-0.2, -0.15) is 17.5 Å². The molecular weight excluding hydrogens is 1580 g/mol. The number of hydrogen-bond acceptors (Lipinski definition) is 23. The lowest BCUT2D eigenvalue weighted by atomic mass is 10.1. The molecule has 8 aromatic heterocycles. The van der Waals surface area contributed by atoms with Crippen LogP contribution in [0.3, 0.4) is 0 Å². The summed E-state index contributed by atoms with van der Waals surface area (Å²) in [6.45, 7) is 1.77. The number of carbonyl (C=O) groups excluding carboxylic acids is 3. The van der Waals surface area contributed by atoms with Crippen LogP contribution in [-0.2, 0) is 48.3 Å². The van der Waals surface area contributed by atoms with Crippen LogP contribution in [0, 0.1) is 0 Å². The molecule has 528 valence electrons. The SMILES string of the molecule is CCOC(=O)CBr.CCOC(=O)Cn1cnc2snc(-c3ccc(Cl)cc3)c2c1=O.Cl.FC1(F)CNC1.O=C(Cn1cnc2snc(-c3ccc(Cl)cc3)c2c1=O)N1CC(F)(F)C1.O=C(O)Cn1cnc2snc(-c3ccc(Cl)cc3)c2c1=O.O=c1[nH]cnc2snc(-c3ccc(Cl)cc3)c12. The van der Waals surface area contributed by atoms with E-state index in [9.17, 15) is 55.9 Å². The maximum atomic E-state index is 12.9. The number of carboxylic acid groups (broad SMARTS) is 1. The van der Waals surface area contributed by atoms with Gasteiger partial charge in [-0.3, -0.25) is 52.1 Å². The third kappa shape index (κ3) is 20.2. The number of rotatable bonds is 13. The van der Waals surface area contributed by atoms with Crippen molar-refractivity contribution in [2.75, 3.05) is 44.7 Å². The van der Waals surface area contributed by atoms with Gasteiger partial charge in [-0.1, -0.05) is 111 Å². The molecule has 0 spiro atoms. The van der Waals surface area contributed by atoms with Gasteiger partial charge in [0, 0.05) is 42.3 Å². The zero-order valence-electron chi connectivity index (χ0n) is 52.0. The van der Waals surface area contributed by atoms with Crippen LogP contribution in [0.4, 0.5) is 17.6 Å². The highest BCUT2D eigenvalue weighted by atomic mass is 79.9. The van der Waals surface area contributed by atoms with Gasteiger partial charge in [-0.15, -0.1) is 12.4 Å². The average molecular weight is 1630 g/mol. The minimum Gasteiger partial charge on any atom is -0.480 e. The van der Waals surface area contributed by atoms with Crippen LogP contribution < -0.4 is 27.6 Å². The van der Waals surface area contributed by atoms with Crippen molar-refractivity contribution < 1.29 is 51.3 Å². The number of H-pyrrole nitrogens is 1. The first-order valence-electron chi connectivity index (χ1n) is 29.0. The number of likely N-dealkylation sites (tertiary alicyclic amines) is 1. The molecule has 1 amide bonds. The number of hydrogen-bond donors (Lipinski definition) is 3. The molecule has 101 heavy (non-hydrogen) atoms. The summed E-state index contributed by atoms with van der Waals surface area (Å²) in [6.07, 6.45) is 5.19. The first-order chi connectivity index (χ1) is 47.8. The van der Waals surface area contributed by atoms with Crippen molar-refractivity contribution >= 4 is 186 Å². The molecule has 10 heterocycles. The Bertz CT molecular complexity index is 5170. The molecule has 0 unspecified atom stereocenters. The monoisotopic (exact) mass is 1620 g/mol. The second-order valence-corrected chi connectivity index (χ2v) is 26.2. The highest BCUT2D eigenvalue weighted by molar-refractivity contribution is 9.09. The average Bonchev–Trinajstić information content (AvgIpc) is 1.75. The summed E-state index contributed by atoms with van der Waals surface area (Å²) in [6, 6.07) is 28.0. The number of esters is 2. The molecule has 2 fully saturated rings. The molecule has 0 saturated carbocycles. The van der Waals surface area contributed by atoms with Crippen LogP contribution in [0.5, 0.6) is 0 Å². The predicted molar refractivity (Wildman–Crippen MR) is 386 cm³/mol. The lowest BCUT2D eigenvalue weighted by molar-refractivity contribution is -0.166. The second kappa shape index (κ2) is 35.4. The van der Waals surface area contributed by atoms with Gasteiger partial charge >= 0.3 is 17.9 Å². The number of nitrogens with zero attached hydrogens (tertiary/aromatic N) is 12. The smallest absolute Gasteiger partial charge is 0.326 e. The zero-order chi connectivity index (χ0) is 72.0. The Hall–Kier alpha value is -8.55. The number of aliphatic carboxylic acids is 1. The largest absolute Gasteiger partial charge is 0.480 e. The van der Waals surface area contributed by atoms with E-state index in [0.29, 0.717) is 101 Å². The third-order valence-corrected chi connectivity index (χ3v) is 18.2. The van der Waals surface area contributed by atoms with Gasteiger partial charge in [0.15, 0.2) is 19.3 Å². The first-order valence-corrected chi connectivity index (χ1v) is 34.7. The van der Waals surface area contributed by atoms with Crippen LogP contribution in [0.1, 0.15) is 13.8 Å². The standard InChI is InChI=1S/C16H11ClF2N4O2S.C15H12ClN3O3S.C13H8ClN3O3S.C11H6ClN3OS.C4H7BrO2.C3H5F2N.ClH/c17-10-3-1-9(2-4-10)13-12-14(26-21-13)20-8-22(15(12)25)5-11(24)23-6-16(18,19)7-23;1-2-22-11(20)7-19-8-17-14-12(15(19)21)13(18-23-14)9-3-5-10(16)6-4-9;14-8-3-1-7(2-4-8)11-10-12(21-16-11)15-6-17(13(10)20)5-9(18)19;12-7-3-1-6(2-4-7)9-8-10(16)13-5-14-11(8)17-15-9;1-2-7-4(6)3-5;4-3(5)1-6-2-3;/h1-4,8H,5-7H2;3-6,8H,2,7H2,1H3;1-4,6H,5H2,(H,18,19);1-5H,(H,13,14,16);2-3H2,1H3;6H,1-2H2;1H. The Balaban J connectivity index is 0.000000162. The van der Waals surface area contributed by atoms with E-state index in [0.717, 1.165) is 65.3 Å². The normalized spacial score (nSPS) is 13.0. The summed E-state index contributed by atoms with van der Waals surface area (Å²) < 4.78 is 78.7. The highest BCUT2D eigenvalue weighted by Gasteiger charge is 2.46. The van der Waals surface area contributed by atoms with Crippen molar-refractivity contribution in [1.29, 1.82) is 0 Å². The van der Waals surface area contributed by atoms with E-state index < -0.39 is 60.4 Å². The molecule has 2 saturated heterocycles. The Morgan fingerprint density at radius 1 is 0.515 bits per heavy atom. The number of aromatic nitrogens is 12. The molecule has 0 aliphatic carbocycles. The third-order valence-electron chi connectivity index (χ3n) is 13.7. The number of benzene rings is 4. The van der Waals surface area contributed by atoms with Crippen LogP contribution >= 0.6 is 121 Å². The molecule has 2 aliphatic rings. The van der Waals surface area contributed by atoms with Gasteiger partial charge in [0.1, 0.15) is 46.5 Å². The van der Waals surface area contributed by atoms with Crippen molar-refractivity contribution in [3.05, 3.63) is 184 Å².